The number of carbonyl (C=O) groups is 1. The van der Waals surface area contributed by atoms with Gasteiger partial charge in [-0.25, -0.2) is 0 Å². The molecule has 1 unspecified atom stereocenters. The maximum atomic E-state index is 12.6. The average Bonchev–Trinajstić information content (AvgIpc) is 2.40. The number of benzene rings is 1. The van der Waals surface area contributed by atoms with E-state index >= 15 is 0 Å². The Morgan fingerprint density at radius 3 is 2.50 bits per heavy atom. The number of rotatable bonds is 3. The van der Waals surface area contributed by atoms with Gasteiger partial charge in [0.1, 0.15) is 0 Å². The second kappa shape index (κ2) is 5.85. The summed E-state index contributed by atoms with van der Waals surface area (Å²) in [5.74, 6) is 0.415. The van der Waals surface area contributed by atoms with Crippen molar-refractivity contribution >= 4 is 11.6 Å². The van der Waals surface area contributed by atoms with Gasteiger partial charge < -0.3 is 4.90 Å². The first-order valence-corrected chi connectivity index (χ1v) is 6.73. The molecule has 0 aliphatic heterocycles. The Labute approximate surface area is 109 Å². The van der Waals surface area contributed by atoms with E-state index in [9.17, 15) is 4.79 Å². The Kier molecular flexibility index (Phi) is 4.19. The molecule has 1 atom stereocenters. The quantitative estimate of drug-likeness (QED) is 0.740. The molecule has 0 spiro atoms. The SMILES string of the molecule is CC(C)N(C(=O)C1CC=CCC1)c1ccccc1. The van der Waals surface area contributed by atoms with Crippen molar-refractivity contribution in [2.24, 2.45) is 5.92 Å². The molecule has 0 radical (unpaired) electrons. The number of hydrogen-bond donors (Lipinski definition) is 0. The number of nitrogens with zero attached hydrogens (tertiary/aromatic N) is 1. The highest BCUT2D eigenvalue weighted by atomic mass is 16.2. The fraction of sp³-hybridized carbons (Fsp3) is 0.438. The third-order valence-electron chi connectivity index (χ3n) is 3.41. The topological polar surface area (TPSA) is 20.3 Å². The van der Waals surface area contributed by atoms with Crippen molar-refractivity contribution in [2.75, 3.05) is 4.90 Å². The molecule has 1 amide bonds. The molecular weight excluding hydrogens is 222 g/mol. The summed E-state index contributed by atoms with van der Waals surface area (Å²) in [6.45, 7) is 4.15. The molecule has 0 saturated carbocycles. The Bertz CT molecular complexity index is 422. The molecule has 2 rings (SSSR count). The van der Waals surface area contributed by atoms with Crippen molar-refractivity contribution in [3.8, 4) is 0 Å². The van der Waals surface area contributed by atoms with Crippen molar-refractivity contribution < 1.29 is 4.79 Å². The van der Waals surface area contributed by atoms with Crippen LogP contribution in [0.5, 0.6) is 0 Å². The van der Waals surface area contributed by atoms with E-state index in [1.165, 1.54) is 0 Å². The van der Waals surface area contributed by atoms with Crippen LogP contribution in [0.1, 0.15) is 33.1 Å². The zero-order valence-electron chi connectivity index (χ0n) is 11.2. The van der Waals surface area contributed by atoms with E-state index in [-0.39, 0.29) is 17.9 Å². The molecular formula is C16H21NO. The van der Waals surface area contributed by atoms with Crippen molar-refractivity contribution in [3.63, 3.8) is 0 Å². The summed E-state index contributed by atoms with van der Waals surface area (Å²) >= 11 is 0. The molecule has 18 heavy (non-hydrogen) atoms. The van der Waals surface area contributed by atoms with Crippen LogP contribution in [0.15, 0.2) is 42.5 Å². The van der Waals surface area contributed by atoms with Crippen molar-refractivity contribution in [1.82, 2.24) is 0 Å². The van der Waals surface area contributed by atoms with E-state index < -0.39 is 0 Å². The minimum absolute atomic E-state index is 0.151. The molecule has 2 heteroatoms. The van der Waals surface area contributed by atoms with Crippen LogP contribution in [-0.4, -0.2) is 11.9 Å². The van der Waals surface area contributed by atoms with Crippen LogP contribution >= 0.6 is 0 Å². The summed E-state index contributed by atoms with van der Waals surface area (Å²) in [4.78, 5) is 14.6. The van der Waals surface area contributed by atoms with Crippen LogP contribution in [0, 0.1) is 5.92 Å². The minimum atomic E-state index is 0.151. The maximum absolute atomic E-state index is 12.6. The number of amides is 1. The number of hydrogen-bond acceptors (Lipinski definition) is 1. The van der Waals surface area contributed by atoms with Crippen molar-refractivity contribution in [2.45, 2.75) is 39.2 Å². The summed E-state index contributed by atoms with van der Waals surface area (Å²) in [7, 11) is 0. The van der Waals surface area contributed by atoms with Gasteiger partial charge >= 0.3 is 0 Å². The van der Waals surface area contributed by atoms with Gasteiger partial charge in [-0.05, 0) is 45.2 Å². The first-order valence-electron chi connectivity index (χ1n) is 6.73. The van der Waals surface area contributed by atoms with E-state index in [2.05, 4.69) is 26.0 Å². The standard InChI is InChI=1S/C16H21NO/c1-13(2)17(15-11-7-4-8-12-15)16(18)14-9-5-3-6-10-14/h3-5,7-8,11-14H,6,9-10H2,1-2H3. The molecule has 2 nitrogen and oxygen atoms in total. The lowest BCUT2D eigenvalue weighted by molar-refractivity contribution is -0.123. The zero-order valence-corrected chi connectivity index (χ0v) is 11.2. The molecule has 1 aromatic carbocycles. The van der Waals surface area contributed by atoms with Gasteiger partial charge in [0.2, 0.25) is 5.91 Å². The number of allylic oxidation sites excluding steroid dienone is 2. The number of para-hydroxylation sites is 1. The van der Waals surface area contributed by atoms with E-state index in [1.807, 2.05) is 35.2 Å². The van der Waals surface area contributed by atoms with E-state index in [1.54, 1.807) is 0 Å². The number of carbonyl (C=O) groups excluding carboxylic acids is 1. The van der Waals surface area contributed by atoms with Crippen LogP contribution in [0.2, 0.25) is 0 Å². The normalized spacial score (nSPS) is 18.9. The number of anilines is 1. The lowest BCUT2D eigenvalue weighted by Crippen LogP contribution is -2.41. The second-order valence-electron chi connectivity index (χ2n) is 5.12. The van der Waals surface area contributed by atoms with Crippen LogP contribution in [0.3, 0.4) is 0 Å². The Morgan fingerprint density at radius 2 is 1.94 bits per heavy atom. The monoisotopic (exact) mass is 243 g/mol. The van der Waals surface area contributed by atoms with Crippen molar-refractivity contribution in [1.29, 1.82) is 0 Å². The Balaban J connectivity index is 2.20. The fourth-order valence-electron chi connectivity index (χ4n) is 2.48. The maximum Gasteiger partial charge on any atom is 0.230 e. The summed E-state index contributed by atoms with van der Waals surface area (Å²) in [5.41, 5.74) is 1.01. The highest BCUT2D eigenvalue weighted by Gasteiger charge is 2.26. The molecule has 1 aliphatic rings. The smallest absolute Gasteiger partial charge is 0.230 e. The van der Waals surface area contributed by atoms with Gasteiger partial charge in [-0.2, -0.15) is 0 Å². The van der Waals surface area contributed by atoms with Crippen LogP contribution in [0.25, 0.3) is 0 Å². The largest absolute Gasteiger partial charge is 0.310 e. The molecule has 0 fully saturated rings. The van der Waals surface area contributed by atoms with Gasteiger partial charge in [0, 0.05) is 17.6 Å². The van der Waals surface area contributed by atoms with E-state index in [0.717, 1.165) is 24.9 Å². The summed E-state index contributed by atoms with van der Waals surface area (Å²) in [5, 5.41) is 0. The lowest BCUT2D eigenvalue weighted by Gasteiger charge is -2.31. The van der Waals surface area contributed by atoms with Gasteiger partial charge in [0.05, 0.1) is 0 Å². The van der Waals surface area contributed by atoms with Gasteiger partial charge in [0.15, 0.2) is 0 Å². The molecule has 0 bridgehead atoms. The molecule has 0 aromatic heterocycles. The molecule has 1 aliphatic carbocycles. The first kappa shape index (κ1) is 12.9. The third kappa shape index (κ3) is 2.81. The molecule has 96 valence electrons. The minimum Gasteiger partial charge on any atom is -0.310 e. The molecule has 0 N–H and O–H groups in total. The summed E-state index contributed by atoms with van der Waals surface area (Å²) in [6, 6.07) is 10.2. The molecule has 1 aromatic rings. The summed E-state index contributed by atoms with van der Waals surface area (Å²) in [6.07, 6.45) is 7.19. The van der Waals surface area contributed by atoms with Crippen LogP contribution < -0.4 is 4.90 Å². The van der Waals surface area contributed by atoms with Crippen LogP contribution in [-0.2, 0) is 4.79 Å². The van der Waals surface area contributed by atoms with Crippen molar-refractivity contribution in [3.05, 3.63) is 42.5 Å². The average molecular weight is 243 g/mol. The van der Waals surface area contributed by atoms with Gasteiger partial charge in [0.25, 0.3) is 0 Å². The zero-order chi connectivity index (χ0) is 13.0. The highest BCUT2D eigenvalue weighted by Crippen LogP contribution is 2.25. The first-order chi connectivity index (χ1) is 8.70. The fourth-order valence-corrected chi connectivity index (χ4v) is 2.48. The highest BCUT2D eigenvalue weighted by molar-refractivity contribution is 5.95. The second-order valence-corrected chi connectivity index (χ2v) is 5.12. The molecule has 0 heterocycles. The Hall–Kier alpha value is -1.57. The summed E-state index contributed by atoms with van der Waals surface area (Å²) < 4.78 is 0. The van der Waals surface area contributed by atoms with Crippen LogP contribution in [0.4, 0.5) is 5.69 Å². The third-order valence-corrected chi connectivity index (χ3v) is 3.41. The van der Waals surface area contributed by atoms with Gasteiger partial charge in [-0.15, -0.1) is 0 Å². The van der Waals surface area contributed by atoms with E-state index in [0.29, 0.717) is 0 Å². The lowest BCUT2D eigenvalue weighted by atomic mass is 9.92. The molecule has 0 saturated heterocycles. The van der Waals surface area contributed by atoms with Gasteiger partial charge in [-0.1, -0.05) is 30.4 Å². The van der Waals surface area contributed by atoms with Gasteiger partial charge in [-0.3, -0.25) is 4.79 Å². The predicted molar refractivity (Wildman–Crippen MR) is 75.5 cm³/mol. The van der Waals surface area contributed by atoms with E-state index in [4.69, 9.17) is 0 Å². The predicted octanol–water partition coefficient (Wildman–Crippen LogP) is 3.78. The Morgan fingerprint density at radius 1 is 1.22 bits per heavy atom.